The summed E-state index contributed by atoms with van der Waals surface area (Å²) in [7, 11) is 0. The fourth-order valence-corrected chi connectivity index (χ4v) is 5.34. The monoisotopic (exact) mass is 524 g/mol. The predicted molar refractivity (Wildman–Crippen MR) is 145 cm³/mol. The maximum atomic E-state index is 5.87. The number of aromatic nitrogens is 2. The van der Waals surface area contributed by atoms with Gasteiger partial charge in [0.15, 0.2) is 5.11 Å². The van der Waals surface area contributed by atoms with Crippen molar-refractivity contribution in [2.24, 2.45) is 0 Å². The molecule has 34 heavy (non-hydrogen) atoms. The number of fused-ring (bicyclic) bond motifs is 1. The van der Waals surface area contributed by atoms with Gasteiger partial charge in [0.05, 0.1) is 11.7 Å². The first kappa shape index (κ1) is 21.1. The lowest BCUT2D eigenvalue weighted by atomic mass is 10.0. The molecule has 1 aliphatic heterocycles. The van der Waals surface area contributed by atoms with Crippen molar-refractivity contribution in [2.75, 3.05) is 4.90 Å². The highest BCUT2D eigenvalue weighted by Gasteiger charge is 2.42. The van der Waals surface area contributed by atoms with E-state index in [9.17, 15) is 0 Å². The van der Waals surface area contributed by atoms with Crippen LogP contribution >= 0.6 is 28.1 Å². The molecule has 6 heteroatoms. The Morgan fingerprint density at radius 2 is 1.56 bits per heavy atom. The van der Waals surface area contributed by atoms with Gasteiger partial charge in [-0.05, 0) is 83.7 Å². The molecule has 3 heterocycles. The van der Waals surface area contributed by atoms with Crippen LogP contribution in [0, 0.1) is 0 Å². The topological polar surface area (TPSA) is 33.1 Å². The summed E-state index contributed by atoms with van der Waals surface area (Å²) in [6.07, 6.45) is 3.96. The van der Waals surface area contributed by atoms with Gasteiger partial charge in [0.1, 0.15) is 6.04 Å². The fourth-order valence-electron chi connectivity index (χ4n) is 4.73. The quantitative estimate of drug-likeness (QED) is 0.257. The largest absolute Gasteiger partial charge is 0.351 e. The minimum atomic E-state index is -0.0912. The summed E-state index contributed by atoms with van der Waals surface area (Å²) in [5.41, 5.74) is 4.25. The molecule has 0 saturated carbocycles. The van der Waals surface area contributed by atoms with Crippen LogP contribution in [0.15, 0.2) is 114 Å². The molecule has 0 amide bonds. The molecule has 2 unspecified atom stereocenters. The van der Waals surface area contributed by atoms with Crippen molar-refractivity contribution >= 4 is 49.7 Å². The van der Waals surface area contributed by atoms with E-state index in [0.717, 1.165) is 27.2 Å². The molecular formula is C28H21BrN4S. The average molecular weight is 525 g/mol. The van der Waals surface area contributed by atoms with E-state index in [-0.39, 0.29) is 12.1 Å². The molecule has 166 valence electrons. The summed E-state index contributed by atoms with van der Waals surface area (Å²) in [5.74, 6) is 0. The molecule has 6 rings (SSSR count). The van der Waals surface area contributed by atoms with Gasteiger partial charge in [0.25, 0.3) is 0 Å². The van der Waals surface area contributed by atoms with Gasteiger partial charge in [0, 0.05) is 33.9 Å². The number of thiocarbonyl (C=S) groups is 1. The van der Waals surface area contributed by atoms with Crippen LogP contribution in [0.1, 0.15) is 23.5 Å². The van der Waals surface area contributed by atoms with Crippen LogP contribution in [0.5, 0.6) is 0 Å². The van der Waals surface area contributed by atoms with E-state index in [2.05, 4.69) is 115 Å². The predicted octanol–water partition coefficient (Wildman–Crippen LogP) is 6.97. The highest BCUT2D eigenvalue weighted by molar-refractivity contribution is 9.10. The lowest BCUT2D eigenvalue weighted by Crippen LogP contribution is -2.30. The molecular weight excluding hydrogens is 504 g/mol. The lowest BCUT2D eigenvalue weighted by molar-refractivity contribution is 0.549. The van der Waals surface area contributed by atoms with Gasteiger partial charge in [-0.25, -0.2) is 0 Å². The van der Waals surface area contributed by atoms with Gasteiger partial charge < -0.3 is 14.8 Å². The van der Waals surface area contributed by atoms with Crippen LogP contribution in [0.3, 0.4) is 0 Å². The highest BCUT2D eigenvalue weighted by atomic mass is 79.9. The lowest BCUT2D eigenvalue weighted by Gasteiger charge is -2.29. The number of pyridine rings is 1. The minimum Gasteiger partial charge on any atom is -0.351 e. The second-order valence-electron chi connectivity index (χ2n) is 8.31. The summed E-state index contributed by atoms with van der Waals surface area (Å²) in [5, 5.41) is 6.68. The van der Waals surface area contributed by atoms with Crippen molar-refractivity contribution in [3.63, 3.8) is 0 Å². The number of hydrogen-bond donors (Lipinski definition) is 1. The molecule has 2 aromatic heterocycles. The smallest absolute Gasteiger partial charge is 0.174 e. The normalized spacial score (nSPS) is 17.8. The van der Waals surface area contributed by atoms with Crippen LogP contribution < -0.4 is 10.2 Å². The van der Waals surface area contributed by atoms with E-state index < -0.39 is 0 Å². The molecule has 1 saturated heterocycles. The van der Waals surface area contributed by atoms with E-state index in [4.69, 9.17) is 12.2 Å². The Bertz CT molecular complexity index is 1480. The zero-order chi connectivity index (χ0) is 23.1. The Balaban J connectivity index is 1.51. The SMILES string of the molecule is S=C1NC(c2ccccn2)C(c2cccn2-c2ccc3ccccc3c2)N1c1ccc(Br)cc1. The first-order valence-electron chi connectivity index (χ1n) is 11.1. The minimum absolute atomic E-state index is 0.0787. The zero-order valence-electron chi connectivity index (χ0n) is 18.2. The summed E-state index contributed by atoms with van der Waals surface area (Å²) in [6.45, 7) is 0. The molecule has 0 aliphatic carbocycles. The maximum absolute atomic E-state index is 5.87. The molecule has 4 nitrogen and oxygen atoms in total. The Hall–Kier alpha value is -3.48. The average Bonchev–Trinajstić information content (AvgIpc) is 3.49. The molecule has 1 N–H and O–H groups in total. The van der Waals surface area contributed by atoms with Crippen molar-refractivity contribution in [2.45, 2.75) is 12.1 Å². The fraction of sp³-hybridized carbons (Fsp3) is 0.0714. The van der Waals surface area contributed by atoms with Crippen molar-refractivity contribution < 1.29 is 0 Å². The molecule has 3 aromatic carbocycles. The van der Waals surface area contributed by atoms with Gasteiger partial charge in [-0.3, -0.25) is 4.98 Å². The van der Waals surface area contributed by atoms with Crippen LogP contribution in [-0.4, -0.2) is 14.7 Å². The summed E-state index contributed by atoms with van der Waals surface area (Å²) in [4.78, 5) is 6.88. The van der Waals surface area contributed by atoms with Crippen LogP contribution in [0.4, 0.5) is 5.69 Å². The number of hydrogen-bond acceptors (Lipinski definition) is 2. The van der Waals surface area contributed by atoms with E-state index in [1.807, 2.05) is 30.5 Å². The highest BCUT2D eigenvalue weighted by Crippen LogP contribution is 2.42. The summed E-state index contributed by atoms with van der Waals surface area (Å²) < 4.78 is 3.29. The molecule has 0 spiro atoms. The first-order valence-corrected chi connectivity index (χ1v) is 12.3. The number of nitrogens with zero attached hydrogens (tertiary/aromatic N) is 3. The molecule has 1 aliphatic rings. The summed E-state index contributed by atoms with van der Waals surface area (Å²) >= 11 is 9.43. The molecule has 2 atom stereocenters. The van der Waals surface area contributed by atoms with E-state index in [1.165, 1.54) is 10.8 Å². The van der Waals surface area contributed by atoms with Crippen LogP contribution in [0.2, 0.25) is 0 Å². The molecule has 0 bridgehead atoms. The van der Waals surface area contributed by atoms with Crippen molar-refractivity contribution in [1.29, 1.82) is 0 Å². The Kier molecular flexibility index (Phi) is 5.40. The zero-order valence-corrected chi connectivity index (χ0v) is 20.6. The number of nitrogens with one attached hydrogen (secondary N) is 1. The molecule has 1 fully saturated rings. The Morgan fingerprint density at radius 1 is 0.794 bits per heavy atom. The second kappa shape index (κ2) is 8.70. The third kappa shape index (κ3) is 3.69. The van der Waals surface area contributed by atoms with Gasteiger partial charge in [-0.15, -0.1) is 0 Å². The molecule has 0 radical (unpaired) electrons. The van der Waals surface area contributed by atoms with Crippen molar-refractivity contribution in [3.8, 4) is 5.69 Å². The van der Waals surface area contributed by atoms with Gasteiger partial charge >= 0.3 is 0 Å². The van der Waals surface area contributed by atoms with E-state index in [1.54, 1.807) is 0 Å². The van der Waals surface area contributed by atoms with Gasteiger partial charge in [-0.2, -0.15) is 0 Å². The van der Waals surface area contributed by atoms with E-state index in [0.29, 0.717) is 5.11 Å². The van der Waals surface area contributed by atoms with Crippen LogP contribution in [-0.2, 0) is 0 Å². The number of anilines is 1. The summed E-state index contributed by atoms with van der Waals surface area (Å²) in [6, 6.07) is 33.4. The third-order valence-electron chi connectivity index (χ3n) is 6.30. The van der Waals surface area contributed by atoms with Crippen molar-refractivity contribution in [1.82, 2.24) is 14.9 Å². The maximum Gasteiger partial charge on any atom is 0.174 e. The van der Waals surface area contributed by atoms with Crippen molar-refractivity contribution in [3.05, 3.63) is 125 Å². The third-order valence-corrected chi connectivity index (χ3v) is 7.14. The van der Waals surface area contributed by atoms with Crippen LogP contribution in [0.25, 0.3) is 16.5 Å². The van der Waals surface area contributed by atoms with E-state index >= 15 is 0 Å². The Labute approximate surface area is 212 Å². The van der Waals surface area contributed by atoms with Gasteiger partial charge in [-0.1, -0.05) is 52.3 Å². The second-order valence-corrected chi connectivity index (χ2v) is 9.61. The number of halogens is 1. The van der Waals surface area contributed by atoms with Gasteiger partial charge in [0.2, 0.25) is 0 Å². The Morgan fingerprint density at radius 3 is 2.35 bits per heavy atom. The first-order chi connectivity index (χ1) is 16.7. The number of benzene rings is 3. The number of rotatable bonds is 4. The standard InChI is InChI=1S/C28H21BrN4S/c29-21-11-14-22(15-12-21)33-27(26(31-28(33)34)24-8-3-4-16-30-24)25-9-5-17-32(25)23-13-10-19-6-1-2-7-20(19)18-23/h1-18,26-27H,(H,31,34). The molecule has 5 aromatic rings.